The van der Waals surface area contributed by atoms with Crippen molar-refractivity contribution in [2.45, 2.75) is 0 Å². The number of halogens is 1. The smallest absolute Gasteiger partial charge is 0.331 e. The van der Waals surface area contributed by atoms with Crippen molar-refractivity contribution in [2.75, 3.05) is 45.9 Å². The molecule has 0 radical (unpaired) electrons. The molecule has 0 spiro atoms. The summed E-state index contributed by atoms with van der Waals surface area (Å²) < 4.78 is 10.7. The van der Waals surface area contributed by atoms with Gasteiger partial charge >= 0.3 is 5.97 Å². The van der Waals surface area contributed by atoms with E-state index in [-0.39, 0.29) is 23.2 Å². The van der Waals surface area contributed by atoms with Crippen LogP contribution < -0.4 is 4.74 Å². The minimum absolute atomic E-state index is 0.00846. The van der Waals surface area contributed by atoms with Crippen molar-refractivity contribution in [3.63, 3.8) is 0 Å². The summed E-state index contributed by atoms with van der Waals surface area (Å²) in [5.41, 5.74) is 0.162. The lowest BCUT2D eigenvalue weighted by molar-refractivity contribution is -0.384. The highest BCUT2D eigenvalue weighted by Crippen LogP contribution is 2.25. The summed E-state index contributed by atoms with van der Waals surface area (Å²) in [5.74, 6) is -0.145. The summed E-state index contributed by atoms with van der Waals surface area (Å²) in [6.07, 6.45) is 2.48. The fourth-order valence-electron chi connectivity index (χ4n) is 3.24. The highest BCUT2D eigenvalue weighted by molar-refractivity contribution is 6.32. The molecule has 0 bridgehead atoms. The van der Waals surface area contributed by atoms with Crippen LogP contribution in [0.25, 0.3) is 6.08 Å². The van der Waals surface area contributed by atoms with Crippen LogP contribution in [-0.4, -0.2) is 72.5 Å². The van der Waals surface area contributed by atoms with Gasteiger partial charge in [-0.2, -0.15) is 0 Å². The Kier molecular flexibility index (Phi) is 8.79. The Morgan fingerprint density at radius 2 is 1.82 bits per heavy atom. The van der Waals surface area contributed by atoms with Gasteiger partial charge in [-0.1, -0.05) is 35.9 Å². The zero-order chi connectivity index (χ0) is 23.6. The molecule has 0 aliphatic carbocycles. The van der Waals surface area contributed by atoms with E-state index in [9.17, 15) is 19.7 Å². The molecular formula is C23H24ClN3O6. The van der Waals surface area contributed by atoms with Gasteiger partial charge < -0.3 is 14.4 Å². The van der Waals surface area contributed by atoms with Crippen LogP contribution in [0.1, 0.15) is 5.56 Å². The molecule has 0 atom stereocenters. The standard InChI is InChI=1S/C23H24ClN3O6/c24-20-8-6-18(16-21(20)27(30)31)7-9-23(29)33-17-22(28)26-12-10-25(11-13-26)14-15-32-19-4-2-1-3-5-19/h1-9,16H,10-15,17H2/b9-7+. The van der Waals surface area contributed by atoms with Gasteiger partial charge in [0.1, 0.15) is 17.4 Å². The van der Waals surface area contributed by atoms with Crippen LogP contribution in [-0.2, 0) is 14.3 Å². The van der Waals surface area contributed by atoms with E-state index in [0.717, 1.165) is 18.4 Å². The Bertz CT molecular complexity index is 1010. The van der Waals surface area contributed by atoms with E-state index >= 15 is 0 Å². The van der Waals surface area contributed by atoms with Crippen molar-refractivity contribution in [3.8, 4) is 5.75 Å². The van der Waals surface area contributed by atoms with Crippen molar-refractivity contribution >= 4 is 35.2 Å². The first-order chi connectivity index (χ1) is 15.9. The van der Waals surface area contributed by atoms with Gasteiger partial charge in [-0.3, -0.25) is 19.8 Å². The summed E-state index contributed by atoms with van der Waals surface area (Å²) in [4.78, 5) is 38.4. The molecule has 0 saturated carbocycles. The maximum Gasteiger partial charge on any atom is 0.331 e. The second-order valence-corrected chi connectivity index (χ2v) is 7.70. The second kappa shape index (κ2) is 12.0. The zero-order valence-electron chi connectivity index (χ0n) is 17.9. The number of amides is 1. The van der Waals surface area contributed by atoms with Gasteiger partial charge in [-0.25, -0.2) is 4.79 Å². The molecule has 1 aliphatic heterocycles. The number of benzene rings is 2. The van der Waals surface area contributed by atoms with Gasteiger partial charge in [0.15, 0.2) is 6.61 Å². The van der Waals surface area contributed by atoms with E-state index in [1.165, 1.54) is 24.3 Å². The molecule has 1 heterocycles. The summed E-state index contributed by atoms with van der Waals surface area (Å²) in [5, 5.41) is 10.9. The Labute approximate surface area is 196 Å². The summed E-state index contributed by atoms with van der Waals surface area (Å²) in [7, 11) is 0. The predicted molar refractivity (Wildman–Crippen MR) is 123 cm³/mol. The van der Waals surface area contributed by atoms with Gasteiger partial charge in [0.2, 0.25) is 0 Å². The highest BCUT2D eigenvalue weighted by Gasteiger charge is 2.21. The largest absolute Gasteiger partial charge is 0.492 e. The lowest BCUT2D eigenvalue weighted by atomic mass is 10.2. The molecule has 1 fully saturated rings. The summed E-state index contributed by atoms with van der Waals surface area (Å²) in [6.45, 7) is 3.50. The summed E-state index contributed by atoms with van der Waals surface area (Å²) in [6, 6.07) is 13.8. The van der Waals surface area contributed by atoms with E-state index in [1.54, 1.807) is 4.90 Å². The Morgan fingerprint density at radius 3 is 2.52 bits per heavy atom. The van der Waals surface area contributed by atoms with Crippen LogP contribution >= 0.6 is 11.6 Å². The zero-order valence-corrected chi connectivity index (χ0v) is 18.6. The van der Waals surface area contributed by atoms with Gasteiger partial charge in [0.25, 0.3) is 11.6 Å². The van der Waals surface area contributed by atoms with Gasteiger partial charge in [0, 0.05) is 44.9 Å². The van der Waals surface area contributed by atoms with E-state index in [0.29, 0.717) is 38.3 Å². The number of carbonyl (C=O) groups is 2. The molecule has 3 rings (SSSR count). The predicted octanol–water partition coefficient (Wildman–Crippen LogP) is 3.03. The number of rotatable bonds is 9. The average Bonchev–Trinajstić information content (AvgIpc) is 2.83. The second-order valence-electron chi connectivity index (χ2n) is 7.29. The maximum atomic E-state index is 12.3. The van der Waals surface area contributed by atoms with Crippen LogP contribution in [0, 0.1) is 10.1 Å². The Balaban J connectivity index is 1.36. The van der Waals surface area contributed by atoms with E-state index in [1.807, 2.05) is 30.3 Å². The SMILES string of the molecule is O=C(/C=C/c1ccc(Cl)c([N+](=O)[O-])c1)OCC(=O)N1CCN(CCOc2ccccc2)CC1. The molecule has 174 valence electrons. The third-order valence-corrected chi connectivity index (χ3v) is 5.38. The first-order valence-electron chi connectivity index (χ1n) is 10.4. The maximum absolute atomic E-state index is 12.3. The fraction of sp³-hybridized carbons (Fsp3) is 0.304. The van der Waals surface area contributed by atoms with E-state index in [4.69, 9.17) is 21.1 Å². The molecular weight excluding hydrogens is 450 g/mol. The number of ether oxygens (including phenoxy) is 2. The van der Waals surface area contributed by atoms with Gasteiger partial charge in [-0.15, -0.1) is 0 Å². The van der Waals surface area contributed by atoms with Crippen LogP contribution in [0.4, 0.5) is 5.69 Å². The third-order valence-electron chi connectivity index (χ3n) is 5.06. The van der Waals surface area contributed by atoms with Crippen molar-refractivity contribution in [2.24, 2.45) is 0 Å². The quantitative estimate of drug-likeness (QED) is 0.239. The number of esters is 1. The fourth-order valence-corrected chi connectivity index (χ4v) is 3.43. The number of nitro groups is 1. The molecule has 10 heteroatoms. The summed E-state index contributed by atoms with van der Waals surface area (Å²) >= 11 is 5.76. The van der Waals surface area contributed by atoms with Crippen LogP contribution in [0.3, 0.4) is 0 Å². The molecule has 1 amide bonds. The number of piperazine rings is 1. The molecule has 1 saturated heterocycles. The minimum atomic E-state index is -0.711. The number of nitro benzene ring substituents is 1. The molecule has 2 aromatic carbocycles. The van der Waals surface area contributed by atoms with Crippen LogP contribution in [0.5, 0.6) is 5.75 Å². The average molecular weight is 474 g/mol. The first-order valence-corrected chi connectivity index (χ1v) is 10.8. The Morgan fingerprint density at radius 1 is 1.09 bits per heavy atom. The molecule has 1 aliphatic rings. The van der Waals surface area contributed by atoms with Crippen molar-refractivity contribution in [1.29, 1.82) is 0 Å². The molecule has 2 aromatic rings. The van der Waals surface area contributed by atoms with Crippen molar-refractivity contribution < 1.29 is 24.0 Å². The molecule has 33 heavy (non-hydrogen) atoms. The first kappa shape index (κ1) is 24.2. The molecule has 9 nitrogen and oxygen atoms in total. The van der Waals surface area contributed by atoms with Crippen LogP contribution in [0.2, 0.25) is 5.02 Å². The normalized spacial score (nSPS) is 14.3. The van der Waals surface area contributed by atoms with E-state index in [2.05, 4.69) is 4.90 Å². The lowest BCUT2D eigenvalue weighted by Gasteiger charge is -2.34. The minimum Gasteiger partial charge on any atom is -0.492 e. The van der Waals surface area contributed by atoms with Crippen molar-refractivity contribution in [1.82, 2.24) is 9.80 Å². The van der Waals surface area contributed by atoms with Gasteiger partial charge in [0.05, 0.1) is 4.92 Å². The molecule has 0 N–H and O–H groups in total. The number of hydrogen-bond acceptors (Lipinski definition) is 7. The number of para-hydroxylation sites is 1. The highest BCUT2D eigenvalue weighted by atomic mass is 35.5. The Hall–Kier alpha value is -3.43. The number of nitrogens with zero attached hydrogens (tertiary/aromatic N) is 3. The monoisotopic (exact) mass is 473 g/mol. The molecule has 0 aromatic heterocycles. The molecule has 0 unspecified atom stereocenters. The van der Waals surface area contributed by atoms with E-state index < -0.39 is 10.9 Å². The number of hydrogen-bond donors (Lipinski definition) is 0. The van der Waals surface area contributed by atoms with Crippen LogP contribution in [0.15, 0.2) is 54.6 Å². The lowest BCUT2D eigenvalue weighted by Crippen LogP contribution is -2.50. The third kappa shape index (κ3) is 7.58. The topological polar surface area (TPSA) is 102 Å². The van der Waals surface area contributed by atoms with Gasteiger partial charge in [-0.05, 0) is 29.8 Å². The van der Waals surface area contributed by atoms with Crippen molar-refractivity contribution in [3.05, 3.63) is 75.3 Å². The number of carbonyl (C=O) groups excluding carboxylic acids is 2.